The molecule has 2 aromatic heterocycles. The summed E-state index contributed by atoms with van der Waals surface area (Å²) in [5, 5.41) is 8.58. The molecule has 0 aliphatic carbocycles. The second-order valence-corrected chi connectivity index (χ2v) is 5.10. The zero-order valence-corrected chi connectivity index (χ0v) is 15.1. The van der Waals surface area contributed by atoms with E-state index in [0.29, 0.717) is 12.4 Å². The number of aromatic nitrogens is 1. The first kappa shape index (κ1) is 17.7. The molecular weight excluding hydrogens is 399 g/mol. The number of thiophene rings is 1. The molecule has 0 bridgehead atoms. The minimum Gasteiger partial charge on any atom is -0.481 e. The molecule has 0 aliphatic heterocycles. The number of guanidine groups is 1. The molecule has 0 unspecified atom stereocenters. The van der Waals surface area contributed by atoms with Crippen molar-refractivity contribution in [2.75, 3.05) is 14.2 Å². The summed E-state index contributed by atoms with van der Waals surface area (Å²) in [5.74, 6) is 1.39. The van der Waals surface area contributed by atoms with Gasteiger partial charge in [0.2, 0.25) is 5.88 Å². The largest absolute Gasteiger partial charge is 0.481 e. The lowest BCUT2D eigenvalue weighted by atomic mass is 10.3. The summed E-state index contributed by atoms with van der Waals surface area (Å²) in [6, 6.07) is 7.96. The predicted molar refractivity (Wildman–Crippen MR) is 97.6 cm³/mol. The van der Waals surface area contributed by atoms with Gasteiger partial charge in [-0.1, -0.05) is 12.1 Å². The maximum Gasteiger partial charge on any atom is 0.212 e. The lowest BCUT2D eigenvalue weighted by Gasteiger charge is -2.11. The molecule has 0 aliphatic rings. The van der Waals surface area contributed by atoms with Crippen molar-refractivity contribution in [3.05, 3.63) is 46.3 Å². The summed E-state index contributed by atoms with van der Waals surface area (Å²) in [6.07, 6.45) is 1.79. The highest BCUT2D eigenvalue weighted by Crippen LogP contribution is 2.08. The number of pyridine rings is 1. The second kappa shape index (κ2) is 9.56. The normalized spacial score (nSPS) is 10.7. The van der Waals surface area contributed by atoms with Crippen molar-refractivity contribution in [2.45, 2.75) is 13.1 Å². The average molecular weight is 418 g/mol. The van der Waals surface area contributed by atoms with Crippen LogP contribution in [0.2, 0.25) is 0 Å². The zero-order valence-electron chi connectivity index (χ0n) is 12.0. The maximum atomic E-state index is 5.03. The molecule has 2 heterocycles. The van der Waals surface area contributed by atoms with Crippen molar-refractivity contribution >= 4 is 41.3 Å². The Morgan fingerprint density at radius 1 is 1.29 bits per heavy atom. The molecule has 2 aromatic rings. The fourth-order valence-corrected chi connectivity index (χ4v) is 2.27. The highest BCUT2D eigenvalue weighted by molar-refractivity contribution is 14.0. The van der Waals surface area contributed by atoms with Crippen molar-refractivity contribution in [1.82, 2.24) is 15.6 Å². The van der Waals surface area contributed by atoms with Crippen molar-refractivity contribution in [3.8, 4) is 5.88 Å². The Labute approximate surface area is 145 Å². The van der Waals surface area contributed by atoms with E-state index in [0.717, 1.165) is 18.1 Å². The third kappa shape index (κ3) is 5.88. The molecule has 0 spiro atoms. The van der Waals surface area contributed by atoms with Gasteiger partial charge >= 0.3 is 0 Å². The van der Waals surface area contributed by atoms with E-state index < -0.39 is 0 Å². The number of halogens is 1. The summed E-state index contributed by atoms with van der Waals surface area (Å²) in [6.45, 7) is 1.44. The highest BCUT2D eigenvalue weighted by Gasteiger charge is 2.00. The fraction of sp³-hybridized carbons (Fsp3) is 0.286. The van der Waals surface area contributed by atoms with E-state index in [1.165, 1.54) is 4.88 Å². The van der Waals surface area contributed by atoms with Crippen LogP contribution < -0.4 is 15.4 Å². The molecule has 0 saturated heterocycles. The van der Waals surface area contributed by atoms with Crippen molar-refractivity contribution in [3.63, 3.8) is 0 Å². The van der Waals surface area contributed by atoms with Gasteiger partial charge in [0.05, 0.1) is 13.7 Å². The fourth-order valence-electron chi connectivity index (χ4n) is 1.63. The summed E-state index contributed by atoms with van der Waals surface area (Å²) < 4.78 is 5.03. The Balaban J connectivity index is 0.00000220. The Bertz CT molecular complexity index is 543. The summed E-state index contributed by atoms with van der Waals surface area (Å²) in [4.78, 5) is 9.63. The Hall–Kier alpha value is -1.35. The Morgan fingerprint density at radius 3 is 2.67 bits per heavy atom. The van der Waals surface area contributed by atoms with E-state index >= 15 is 0 Å². The summed E-state index contributed by atoms with van der Waals surface area (Å²) in [5.41, 5.74) is 1.07. The van der Waals surface area contributed by atoms with Crippen LogP contribution in [0.15, 0.2) is 40.8 Å². The number of methoxy groups -OCH3 is 1. The van der Waals surface area contributed by atoms with Gasteiger partial charge in [0.1, 0.15) is 0 Å². The minimum absolute atomic E-state index is 0. The maximum absolute atomic E-state index is 5.03. The number of nitrogens with one attached hydrogen (secondary N) is 2. The first-order valence-electron chi connectivity index (χ1n) is 6.27. The van der Waals surface area contributed by atoms with Gasteiger partial charge in [-0.25, -0.2) is 4.98 Å². The first-order valence-corrected chi connectivity index (χ1v) is 7.15. The van der Waals surface area contributed by atoms with Crippen LogP contribution in [-0.4, -0.2) is 25.1 Å². The van der Waals surface area contributed by atoms with E-state index in [9.17, 15) is 0 Å². The van der Waals surface area contributed by atoms with Crippen LogP contribution in [0.1, 0.15) is 10.4 Å². The number of hydrogen-bond acceptors (Lipinski definition) is 4. The van der Waals surface area contributed by atoms with E-state index in [2.05, 4.69) is 32.1 Å². The van der Waals surface area contributed by atoms with Crippen LogP contribution in [0.5, 0.6) is 5.88 Å². The van der Waals surface area contributed by atoms with Gasteiger partial charge in [-0.15, -0.1) is 35.3 Å². The van der Waals surface area contributed by atoms with Crippen LogP contribution in [0.4, 0.5) is 0 Å². The number of aliphatic imine (C=N–C) groups is 1. The van der Waals surface area contributed by atoms with Gasteiger partial charge in [-0.3, -0.25) is 4.99 Å². The molecule has 2 rings (SSSR count). The smallest absolute Gasteiger partial charge is 0.212 e. The SMILES string of the molecule is CN=C(NCc1ccc(OC)nc1)NCc1cccs1.I. The molecule has 21 heavy (non-hydrogen) atoms. The van der Waals surface area contributed by atoms with E-state index in [1.807, 2.05) is 18.2 Å². The van der Waals surface area contributed by atoms with Gasteiger partial charge in [0.15, 0.2) is 5.96 Å². The molecule has 2 N–H and O–H groups in total. The quantitative estimate of drug-likeness (QED) is 0.446. The van der Waals surface area contributed by atoms with Crippen molar-refractivity contribution in [2.24, 2.45) is 4.99 Å². The van der Waals surface area contributed by atoms with Gasteiger partial charge in [-0.2, -0.15) is 0 Å². The first-order chi connectivity index (χ1) is 9.81. The molecule has 0 amide bonds. The van der Waals surface area contributed by atoms with E-state index in [1.54, 1.807) is 31.7 Å². The molecule has 0 fully saturated rings. The monoisotopic (exact) mass is 418 g/mol. The van der Waals surface area contributed by atoms with Crippen molar-refractivity contribution in [1.29, 1.82) is 0 Å². The van der Waals surface area contributed by atoms with Crippen LogP contribution >= 0.6 is 35.3 Å². The molecule has 0 atom stereocenters. The van der Waals surface area contributed by atoms with Crippen molar-refractivity contribution < 1.29 is 4.74 Å². The number of nitrogens with zero attached hydrogens (tertiary/aromatic N) is 2. The topological polar surface area (TPSA) is 58.5 Å². The minimum atomic E-state index is 0. The molecule has 7 heteroatoms. The van der Waals surface area contributed by atoms with Crippen LogP contribution in [0.25, 0.3) is 0 Å². The third-order valence-electron chi connectivity index (χ3n) is 2.70. The number of ether oxygens (including phenoxy) is 1. The zero-order chi connectivity index (χ0) is 14.2. The van der Waals surface area contributed by atoms with Gasteiger partial charge < -0.3 is 15.4 Å². The number of hydrogen-bond donors (Lipinski definition) is 2. The van der Waals surface area contributed by atoms with Crippen LogP contribution in [-0.2, 0) is 13.1 Å². The highest BCUT2D eigenvalue weighted by atomic mass is 127. The molecule has 0 aromatic carbocycles. The molecule has 0 saturated carbocycles. The van der Waals surface area contributed by atoms with Gasteiger partial charge in [-0.05, 0) is 17.0 Å². The predicted octanol–water partition coefficient (Wildman–Crippen LogP) is 2.63. The molecule has 0 radical (unpaired) electrons. The van der Waals surface area contributed by atoms with Crippen LogP contribution in [0, 0.1) is 0 Å². The summed E-state index contributed by atoms with van der Waals surface area (Å²) in [7, 11) is 3.37. The molecule has 5 nitrogen and oxygen atoms in total. The van der Waals surface area contributed by atoms with Gasteiger partial charge in [0, 0.05) is 30.7 Å². The van der Waals surface area contributed by atoms with Gasteiger partial charge in [0.25, 0.3) is 0 Å². The third-order valence-corrected chi connectivity index (χ3v) is 3.58. The Morgan fingerprint density at radius 2 is 2.10 bits per heavy atom. The molecular formula is C14H19IN4OS. The lowest BCUT2D eigenvalue weighted by molar-refractivity contribution is 0.397. The molecule has 114 valence electrons. The second-order valence-electron chi connectivity index (χ2n) is 4.07. The van der Waals surface area contributed by atoms with E-state index in [4.69, 9.17) is 4.74 Å². The lowest BCUT2D eigenvalue weighted by Crippen LogP contribution is -2.36. The summed E-state index contributed by atoms with van der Waals surface area (Å²) >= 11 is 1.72. The van der Waals surface area contributed by atoms with Crippen LogP contribution in [0.3, 0.4) is 0 Å². The standard InChI is InChI=1S/C14H18N4OS.HI/c1-15-14(18-10-12-4-3-7-20-12)17-9-11-5-6-13(19-2)16-8-11;/h3-8H,9-10H2,1-2H3,(H2,15,17,18);1H. The van der Waals surface area contributed by atoms with E-state index in [-0.39, 0.29) is 24.0 Å². The average Bonchev–Trinajstić information content (AvgIpc) is 3.01. The Kier molecular flexibility index (Phi) is 8.06. The number of rotatable bonds is 5.